The summed E-state index contributed by atoms with van der Waals surface area (Å²) in [6.45, 7) is 4.01. The number of nitrogens with one attached hydrogen (secondary N) is 1. The average molecular weight is 270 g/mol. The summed E-state index contributed by atoms with van der Waals surface area (Å²) in [6.07, 6.45) is 5.81. The summed E-state index contributed by atoms with van der Waals surface area (Å²) in [5, 5.41) is 3.99. The smallest absolute Gasteiger partial charge is 0.119 e. The number of halogens is 1. The highest BCUT2D eigenvalue weighted by atomic mass is 35.5. The van der Waals surface area contributed by atoms with Gasteiger partial charge in [-0.3, -0.25) is 0 Å². The SMILES string of the molecule is CCc1cc(OCCCCCCNC)ccc1Cl. The molecule has 1 rings (SSSR count). The van der Waals surface area contributed by atoms with E-state index in [4.69, 9.17) is 16.3 Å². The zero-order valence-electron chi connectivity index (χ0n) is 11.5. The van der Waals surface area contributed by atoms with Crippen molar-refractivity contribution >= 4 is 11.6 Å². The first-order chi connectivity index (χ1) is 8.77. The van der Waals surface area contributed by atoms with Gasteiger partial charge in [0.1, 0.15) is 5.75 Å². The first kappa shape index (κ1) is 15.3. The van der Waals surface area contributed by atoms with E-state index in [0.29, 0.717) is 0 Å². The van der Waals surface area contributed by atoms with Crippen LogP contribution in [0.15, 0.2) is 18.2 Å². The lowest BCUT2D eigenvalue weighted by molar-refractivity contribution is 0.304. The predicted molar refractivity (Wildman–Crippen MR) is 78.7 cm³/mol. The van der Waals surface area contributed by atoms with E-state index in [-0.39, 0.29) is 0 Å². The summed E-state index contributed by atoms with van der Waals surface area (Å²) >= 11 is 6.07. The van der Waals surface area contributed by atoms with Crippen LogP contribution in [-0.4, -0.2) is 20.2 Å². The maximum atomic E-state index is 6.07. The molecule has 0 heterocycles. The normalized spacial score (nSPS) is 10.6. The van der Waals surface area contributed by atoms with E-state index in [1.54, 1.807) is 0 Å². The zero-order chi connectivity index (χ0) is 13.2. The van der Waals surface area contributed by atoms with Gasteiger partial charge in [0.05, 0.1) is 6.61 Å². The molecule has 1 aromatic rings. The van der Waals surface area contributed by atoms with E-state index in [1.165, 1.54) is 19.3 Å². The van der Waals surface area contributed by atoms with E-state index in [1.807, 2.05) is 25.2 Å². The Morgan fingerprint density at radius 2 is 1.94 bits per heavy atom. The Balaban J connectivity index is 2.19. The molecule has 102 valence electrons. The molecule has 0 aliphatic rings. The first-order valence-corrected chi connectivity index (χ1v) is 7.21. The largest absolute Gasteiger partial charge is 0.494 e. The summed E-state index contributed by atoms with van der Waals surface area (Å²) in [7, 11) is 2.00. The van der Waals surface area contributed by atoms with Crippen LogP contribution in [0.4, 0.5) is 0 Å². The van der Waals surface area contributed by atoms with Crippen molar-refractivity contribution in [3.8, 4) is 5.75 Å². The molecule has 0 aromatic heterocycles. The second-order valence-corrected chi connectivity index (χ2v) is 4.88. The molecule has 1 N–H and O–H groups in total. The fraction of sp³-hybridized carbons (Fsp3) is 0.600. The molecule has 1 aromatic carbocycles. The summed E-state index contributed by atoms with van der Waals surface area (Å²) in [5.41, 5.74) is 1.16. The Labute approximate surface area is 116 Å². The quantitative estimate of drug-likeness (QED) is 0.683. The molecule has 0 fully saturated rings. The average Bonchev–Trinajstić information content (AvgIpc) is 2.39. The Morgan fingerprint density at radius 1 is 1.17 bits per heavy atom. The highest BCUT2D eigenvalue weighted by molar-refractivity contribution is 6.31. The van der Waals surface area contributed by atoms with Crippen molar-refractivity contribution in [2.24, 2.45) is 0 Å². The maximum absolute atomic E-state index is 6.07. The number of benzene rings is 1. The third kappa shape index (κ3) is 5.74. The van der Waals surface area contributed by atoms with Crippen LogP contribution in [0.2, 0.25) is 5.02 Å². The van der Waals surface area contributed by atoms with E-state index >= 15 is 0 Å². The Morgan fingerprint density at radius 3 is 2.67 bits per heavy atom. The number of hydrogen-bond donors (Lipinski definition) is 1. The van der Waals surface area contributed by atoms with Gasteiger partial charge in [-0.25, -0.2) is 0 Å². The molecule has 3 heteroatoms. The molecule has 0 unspecified atom stereocenters. The van der Waals surface area contributed by atoms with Crippen molar-refractivity contribution in [1.29, 1.82) is 0 Å². The number of aryl methyl sites for hydroxylation is 1. The molecule has 0 amide bonds. The highest BCUT2D eigenvalue weighted by Gasteiger charge is 2.00. The summed E-state index contributed by atoms with van der Waals surface area (Å²) < 4.78 is 5.74. The Bertz CT molecular complexity index is 341. The van der Waals surface area contributed by atoms with Crippen LogP contribution >= 0.6 is 11.6 Å². The third-order valence-electron chi connectivity index (χ3n) is 2.99. The molecule has 0 spiro atoms. The summed E-state index contributed by atoms with van der Waals surface area (Å²) in [6, 6.07) is 5.91. The van der Waals surface area contributed by atoms with Gasteiger partial charge in [0.15, 0.2) is 0 Å². The summed E-state index contributed by atoms with van der Waals surface area (Å²) in [5.74, 6) is 0.937. The van der Waals surface area contributed by atoms with Gasteiger partial charge < -0.3 is 10.1 Å². The topological polar surface area (TPSA) is 21.3 Å². The Hall–Kier alpha value is -0.730. The van der Waals surface area contributed by atoms with Crippen molar-refractivity contribution in [3.63, 3.8) is 0 Å². The molecule has 0 saturated heterocycles. The molecule has 0 radical (unpaired) electrons. The van der Waals surface area contributed by atoms with Gasteiger partial charge in [-0.05, 0) is 56.6 Å². The van der Waals surface area contributed by atoms with Crippen LogP contribution in [0, 0.1) is 0 Å². The highest BCUT2D eigenvalue weighted by Crippen LogP contribution is 2.22. The third-order valence-corrected chi connectivity index (χ3v) is 3.36. The van der Waals surface area contributed by atoms with Gasteiger partial charge in [-0.2, -0.15) is 0 Å². The van der Waals surface area contributed by atoms with E-state index in [2.05, 4.69) is 12.2 Å². The van der Waals surface area contributed by atoms with E-state index < -0.39 is 0 Å². The van der Waals surface area contributed by atoms with Crippen LogP contribution < -0.4 is 10.1 Å². The monoisotopic (exact) mass is 269 g/mol. The van der Waals surface area contributed by atoms with Crippen molar-refractivity contribution in [1.82, 2.24) is 5.32 Å². The predicted octanol–water partition coefficient (Wildman–Crippen LogP) is 4.06. The maximum Gasteiger partial charge on any atom is 0.119 e. The Kier molecular flexibility index (Phi) is 7.86. The lowest BCUT2D eigenvalue weighted by Crippen LogP contribution is -2.07. The lowest BCUT2D eigenvalue weighted by Gasteiger charge is -2.08. The van der Waals surface area contributed by atoms with Gasteiger partial charge in [-0.1, -0.05) is 31.4 Å². The van der Waals surface area contributed by atoms with Crippen LogP contribution in [-0.2, 0) is 6.42 Å². The second-order valence-electron chi connectivity index (χ2n) is 4.47. The van der Waals surface area contributed by atoms with Crippen LogP contribution in [0.3, 0.4) is 0 Å². The first-order valence-electron chi connectivity index (χ1n) is 6.83. The minimum Gasteiger partial charge on any atom is -0.494 e. The molecule has 0 aliphatic carbocycles. The van der Waals surface area contributed by atoms with Crippen LogP contribution in [0.25, 0.3) is 0 Å². The van der Waals surface area contributed by atoms with Crippen molar-refractivity contribution in [2.75, 3.05) is 20.2 Å². The van der Waals surface area contributed by atoms with Gasteiger partial charge in [0.2, 0.25) is 0 Å². The number of ether oxygens (including phenoxy) is 1. The number of unbranched alkanes of at least 4 members (excludes halogenated alkanes) is 3. The minimum atomic E-state index is 0.796. The second kappa shape index (κ2) is 9.23. The molecule has 0 aliphatic heterocycles. The summed E-state index contributed by atoms with van der Waals surface area (Å²) in [4.78, 5) is 0. The molecule has 0 saturated carbocycles. The lowest BCUT2D eigenvalue weighted by atomic mass is 10.1. The minimum absolute atomic E-state index is 0.796. The van der Waals surface area contributed by atoms with Gasteiger partial charge >= 0.3 is 0 Å². The molecular weight excluding hydrogens is 246 g/mol. The fourth-order valence-corrected chi connectivity index (χ4v) is 2.11. The standard InChI is InChI=1S/C15H24ClNO/c1-3-13-12-14(8-9-15(13)16)18-11-7-5-4-6-10-17-2/h8-9,12,17H,3-7,10-11H2,1-2H3. The zero-order valence-corrected chi connectivity index (χ0v) is 12.2. The molecule has 0 atom stereocenters. The van der Waals surface area contributed by atoms with E-state index in [9.17, 15) is 0 Å². The van der Waals surface area contributed by atoms with Crippen LogP contribution in [0.1, 0.15) is 38.2 Å². The van der Waals surface area contributed by atoms with Gasteiger partial charge in [0, 0.05) is 5.02 Å². The van der Waals surface area contributed by atoms with E-state index in [0.717, 1.165) is 42.3 Å². The van der Waals surface area contributed by atoms with Crippen molar-refractivity contribution < 1.29 is 4.74 Å². The number of hydrogen-bond acceptors (Lipinski definition) is 2. The van der Waals surface area contributed by atoms with Gasteiger partial charge in [0.25, 0.3) is 0 Å². The molecular formula is C15H24ClNO. The van der Waals surface area contributed by atoms with Crippen molar-refractivity contribution in [3.05, 3.63) is 28.8 Å². The van der Waals surface area contributed by atoms with Crippen molar-refractivity contribution in [2.45, 2.75) is 39.0 Å². The fourth-order valence-electron chi connectivity index (χ4n) is 1.86. The molecule has 2 nitrogen and oxygen atoms in total. The number of rotatable bonds is 9. The molecule has 0 bridgehead atoms. The van der Waals surface area contributed by atoms with Crippen LogP contribution in [0.5, 0.6) is 5.75 Å². The molecule has 18 heavy (non-hydrogen) atoms. The van der Waals surface area contributed by atoms with Gasteiger partial charge in [-0.15, -0.1) is 0 Å².